The Morgan fingerprint density at radius 3 is 2.56 bits per heavy atom. The molecule has 3 aliphatic rings. The minimum Gasteiger partial charge on any atom is -0.340 e. The average Bonchev–Trinajstić information content (AvgIpc) is 3.35. The molecule has 5 heterocycles. The molecule has 2 atom stereocenters. The second kappa shape index (κ2) is 10.3. The molecule has 1 aliphatic carbocycles. The van der Waals surface area contributed by atoms with Crippen LogP contribution < -0.4 is 4.90 Å². The first-order chi connectivity index (χ1) is 20.0. The third-order valence-electron chi connectivity index (χ3n) is 8.83. The Labute approximate surface area is 240 Å². The van der Waals surface area contributed by atoms with E-state index in [1.807, 2.05) is 18.5 Å². The molecule has 7 rings (SSSR count). The highest BCUT2D eigenvalue weighted by Crippen LogP contribution is 2.43. The van der Waals surface area contributed by atoms with Gasteiger partial charge in [0.25, 0.3) is 0 Å². The summed E-state index contributed by atoms with van der Waals surface area (Å²) in [6, 6.07) is 13.4. The molecule has 0 amide bonds. The number of aldehydes is 1. The number of anilines is 1. The molecular weight excluding hydrogens is 510 g/mol. The lowest BCUT2D eigenvalue weighted by Crippen LogP contribution is -2.22. The number of fused-ring (bicyclic) bond motifs is 1. The lowest BCUT2D eigenvalue weighted by atomic mass is 9.89. The molecule has 1 saturated carbocycles. The highest BCUT2D eigenvalue weighted by molar-refractivity contribution is 6.10. The van der Waals surface area contributed by atoms with Crippen LogP contribution in [0.4, 0.5) is 5.95 Å². The van der Waals surface area contributed by atoms with Crippen LogP contribution in [0.25, 0.3) is 22.3 Å². The SMILES string of the molecule is Cc1ccccc1-c1cc2c(cc(C3CCN(c4ncc(C5=NCC(C(C=O)C(C)C)=C5)cn4)C3)n2C2CC2)nn1. The number of aryl methyl sites for hydroxylation is 1. The Morgan fingerprint density at radius 2 is 1.83 bits per heavy atom. The summed E-state index contributed by atoms with van der Waals surface area (Å²) in [6.07, 6.45) is 10.3. The number of carbonyl (C=O) groups excluding carboxylic acids is 1. The largest absolute Gasteiger partial charge is 0.340 e. The van der Waals surface area contributed by atoms with Crippen molar-refractivity contribution in [2.24, 2.45) is 16.8 Å². The van der Waals surface area contributed by atoms with Crippen LogP contribution in [0.1, 0.15) is 61.9 Å². The van der Waals surface area contributed by atoms with Crippen molar-refractivity contribution in [1.82, 2.24) is 24.7 Å². The Balaban J connectivity index is 1.11. The van der Waals surface area contributed by atoms with Crippen LogP contribution in [0.2, 0.25) is 0 Å². The normalized spacial score (nSPS) is 19.6. The first-order valence-electron chi connectivity index (χ1n) is 14.7. The van der Waals surface area contributed by atoms with Gasteiger partial charge in [0.1, 0.15) is 11.8 Å². The summed E-state index contributed by atoms with van der Waals surface area (Å²) in [6.45, 7) is 8.62. The molecule has 8 nitrogen and oxygen atoms in total. The number of aliphatic imine (C=N–C) groups is 1. The molecule has 0 spiro atoms. The summed E-state index contributed by atoms with van der Waals surface area (Å²) in [5.41, 5.74) is 9.62. The molecule has 0 radical (unpaired) electrons. The van der Waals surface area contributed by atoms with Gasteiger partial charge in [0, 0.05) is 60.2 Å². The molecule has 41 heavy (non-hydrogen) atoms. The fourth-order valence-corrected chi connectivity index (χ4v) is 6.37. The number of allylic oxidation sites excluding steroid dienone is 1. The van der Waals surface area contributed by atoms with Crippen LogP contribution >= 0.6 is 0 Å². The number of hydrogen-bond donors (Lipinski definition) is 0. The predicted octanol–water partition coefficient (Wildman–Crippen LogP) is 5.73. The van der Waals surface area contributed by atoms with Crippen molar-refractivity contribution in [2.45, 2.75) is 52.0 Å². The van der Waals surface area contributed by atoms with E-state index in [2.05, 4.69) is 81.8 Å². The van der Waals surface area contributed by atoms with E-state index in [4.69, 9.17) is 9.97 Å². The van der Waals surface area contributed by atoms with E-state index in [-0.39, 0.29) is 11.8 Å². The van der Waals surface area contributed by atoms with Crippen LogP contribution in [0, 0.1) is 18.8 Å². The van der Waals surface area contributed by atoms with Gasteiger partial charge >= 0.3 is 0 Å². The third kappa shape index (κ3) is 4.75. The van der Waals surface area contributed by atoms with Crippen molar-refractivity contribution in [3.05, 3.63) is 77.3 Å². The van der Waals surface area contributed by atoms with Gasteiger partial charge in [-0.3, -0.25) is 4.99 Å². The average molecular weight is 546 g/mol. The molecule has 208 valence electrons. The predicted molar refractivity (Wildman–Crippen MR) is 161 cm³/mol. The molecule has 2 fully saturated rings. The molecule has 1 saturated heterocycles. The summed E-state index contributed by atoms with van der Waals surface area (Å²) in [5.74, 6) is 1.30. The smallest absolute Gasteiger partial charge is 0.225 e. The maximum atomic E-state index is 11.6. The summed E-state index contributed by atoms with van der Waals surface area (Å²) in [4.78, 5) is 28.0. The van der Waals surface area contributed by atoms with Crippen LogP contribution in [0.5, 0.6) is 0 Å². The Hall–Kier alpha value is -4.20. The lowest BCUT2D eigenvalue weighted by molar-refractivity contribution is -0.111. The number of aromatic nitrogens is 5. The molecule has 2 aliphatic heterocycles. The fraction of sp³-hybridized carbons (Fsp3) is 0.394. The van der Waals surface area contributed by atoms with Crippen molar-refractivity contribution in [2.75, 3.05) is 24.5 Å². The van der Waals surface area contributed by atoms with E-state index in [9.17, 15) is 4.79 Å². The summed E-state index contributed by atoms with van der Waals surface area (Å²) < 4.78 is 2.54. The zero-order chi connectivity index (χ0) is 28.1. The maximum absolute atomic E-state index is 11.6. The third-order valence-corrected chi connectivity index (χ3v) is 8.83. The lowest BCUT2D eigenvalue weighted by Gasteiger charge is -2.18. The van der Waals surface area contributed by atoms with Crippen LogP contribution in [0.3, 0.4) is 0 Å². The van der Waals surface area contributed by atoms with E-state index in [0.29, 0.717) is 18.5 Å². The molecule has 0 bridgehead atoms. The van der Waals surface area contributed by atoms with Crippen LogP contribution in [-0.4, -0.2) is 56.4 Å². The van der Waals surface area contributed by atoms with E-state index < -0.39 is 0 Å². The Bertz CT molecular complexity index is 1680. The minimum absolute atomic E-state index is 0.0933. The molecule has 2 unspecified atom stereocenters. The number of nitrogens with zero attached hydrogens (tertiary/aromatic N) is 7. The zero-order valence-corrected chi connectivity index (χ0v) is 23.9. The Kier molecular flexibility index (Phi) is 6.48. The second-order valence-electron chi connectivity index (χ2n) is 12.0. The highest BCUT2D eigenvalue weighted by Gasteiger charge is 2.34. The van der Waals surface area contributed by atoms with Crippen molar-refractivity contribution >= 4 is 29.0 Å². The van der Waals surface area contributed by atoms with Crippen molar-refractivity contribution in [3.63, 3.8) is 0 Å². The van der Waals surface area contributed by atoms with Crippen molar-refractivity contribution < 1.29 is 4.79 Å². The first-order valence-corrected chi connectivity index (χ1v) is 14.7. The maximum Gasteiger partial charge on any atom is 0.225 e. The van der Waals surface area contributed by atoms with Gasteiger partial charge in [-0.1, -0.05) is 38.1 Å². The standard InChI is InChI=1S/C33H35N7O/c1-20(2)27(19-41)23-12-28(34-15-23)24-16-35-33(36-17-24)39-11-10-22(18-39)31-14-30-32(40(31)25-8-9-25)13-29(37-38-30)26-7-5-4-6-21(26)3/h4-7,12-14,16-17,19-20,22,25,27H,8-11,15,18H2,1-3H3. The Morgan fingerprint density at radius 1 is 1.02 bits per heavy atom. The fourth-order valence-electron chi connectivity index (χ4n) is 6.37. The second-order valence-corrected chi connectivity index (χ2v) is 12.0. The van der Waals surface area contributed by atoms with Gasteiger partial charge in [-0.2, -0.15) is 0 Å². The van der Waals surface area contributed by atoms with Gasteiger partial charge < -0.3 is 14.3 Å². The van der Waals surface area contributed by atoms with Gasteiger partial charge in [0.15, 0.2) is 0 Å². The minimum atomic E-state index is -0.0933. The van der Waals surface area contributed by atoms with E-state index in [1.165, 1.54) is 29.6 Å². The highest BCUT2D eigenvalue weighted by atomic mass is 16.1. The topological polar surface area (TPSA) is 89.2 Å². The van der Waals surface area contributed by atoms with Gasteiger partial charge in [-0.15, -0.1) is 10.2 Å². The van der Waals surface area contributed by atoms with Crippen LogP contribution in [0.15, 0.2) is 65.4 Å². The van der Waals surface area contributed by atoms with Crippen LogP contribution in [-0.2, 0) is 4.79 Å². The summed E-state index contributed by atoms with van der Waals surface area (Å²) in [5, 5.41) is 9.28. The quantitative estimate of drug-likeness (QED) is 0.263. The molecule has 3 aromatic heterocycles. The molecule has 1 aromatic carbocycles. The number of hydrogen-bond acceptors (Lipinski definition) is 7. The molecular formula is C33H35N7O. The molecule has 4 aromatic rings. The van der Waals surface area contributed by atoms with Crippen molar-refractivity contribution in [1.29, 1.82) is 0 Å². The monoisotopic (exact) mass is 545 g/mol. The van der Waals surface area contributed by atoms with Gasteiger partial charge in [-0.25, -0.2) is 9.97 Å². The van der Waals surface area contributed by atoms with Gasteiger partial charge in [-0.05, 0) is 61.4 Å². The number of rotatable bonds is 8. The zero-order valence-electron chi connectivity index (χ0n) is 23.9. The number of benzene rings is 1. The first kappa shape index (κ1) is 25.7. The van der Waals surface area contributed by atoms with E-state index >= 15 is 0 Å². The summed E-state index contributed by atoms with van der Waals surface area (Å²) in [7, 11) is 0. The number of carbonyl (C=O) groups is 1. The van der Waals surface area contributed by atoms with E-state index in [1.54, 1.807) is 0 Å². The van der Waals surface area contributed by atoms with E-state index in [0.717, 1.165) is 65.4 Å². The molecule has 8 heteroatoms. The summed E-state index contributed by atoms with van der Waals surface area (Å²) >= 11 is 0. The van der Waals surface area contributed by atoms with Gasteiger partial charge in [0.05, 0.1) is 23.5 Å². The van der Waals surface area contributed by atoms with Crippen molar-refractivity contribution in [3.8, 4) is 11.3 Å². The molecule has 0 N–H and O–H groups in total. The van der Waals surface area contributed by atoms with Gasteiger partial charge in [0.2, 0.25) is 5.95 Å².